The number of thioether (sulfide) groups is 2. The van der Waals surface area contributed by atoms with Crippen LogP contribution in [0.25, 0.3) is 0 Å². The summed E-state index contributed by atoms with van der Waals surface area (Å²) in [7, 11) is 1.68. The third-order valence-electron chi connectivity index (χ3n) is 6.07. The number of hydrogen-bond donors (Lipinski definition) is 3. The van der Waals surface area contributed by atoms with Crippen LogP contribution < -0.4 is 11.1 Å². The Morgan fingerprint density at radius 3 is 2.81 bits per heavy atom. The smallest absolute Gasteiger partial charge is 0.352 e. The van der Waals surface area contributed by atoms with Crippen LogP contribution in [0.15, 0.2) is 27.0 Å². The van der Waals surface area contributed by atoms with E-state index in [0.29, 0.717) is 22.2 Å². The molecule has 37 heavy (non-hydrogen) atoms. The van der Waals surface area contributed by atoms with E-state index in [2.05, 4.69) is 31.0 Å². The molecule has 0 aromatic carbocycles. The lowest BCUT2D eigenvalue weighted by Crippen LogP contribution is -2.71. The van der Waals surface area contributed by atoms with E-state index in [0.717, 1.165) is 37.0 Å². The summed E-state index contributed by atoms with van der Waals surface area (Å²) in [6, 6.07) is -0.920. The second-order valence-electron chi connectivity index (χ2n) is 8.51. The first-order valence-electron chi connectivity index (χ1n) is 11.3. The number of nitrogen functional groups attached to an aromatic ring is 1. The minimum absolute atomic E-state index is 0.0738. The fourth-order valence-corrected chi connectivity index (χ4v) is 7.10. The summed E-state index contributed by atoms with van der Waals surface area (Å²) in [4.78, 5) is 49.3. The first-order valence-corrected chi connectivity index (χ1v) is 14.3. The second-order valence-corrected chi connectivity index (χ2v) is 11.5. The molecule has 2 atom stereocenters. The zero-order valence-electron chi connectivity index (χ0n) is 19.6. The summed E-state index contributed by atoms with van der Waals surface area (Å²) in [6.07, 6.45) is 3.69. The largest absolute Gasteiger partial charge is 0.477 e. The van der Waals surface area contributed by atoms with Gasteiger partial charge in [-0.2, -0.15) is 0 Å². The summed E-state index contributed by atoms with van der Waals surface area (Å²) in [5, 5.41) is 29.7. The Labute approximate surface area is 223 Å². The van der Waals surface area contributed by atoms with E-state index < -0.39 is 29.2 Å². The molecule has 5 rings (SSSR count). The van der Waals surface area contributed by atoms with E-state index >= 15 is 0 Å². The lowest BCUT2D eigenvalue weighted by atomic mass is 10.0. The average molecular weight is 566 g/mol. The van der Waals surface area contributed by atoms with Gasteiger partial charge >= 0.3 is 5.97 Å². The van der Waals surface area contributed by atoms with Gasteiger partial charge in [0.25, 0.3) is 11.8 Å². The molecule has 4 N–H and O–H groups in total. The molecule has 0 spiro atoms. The predicted molar refractivity (Wildman–Crippen MR) is 136 cm³/mol. The molecule has 3 aliphatic rings. The van der Waals surface area contributed by atoms with Crippen LogP contribution in [0.3, 0.4) is 0 Å². The Kier molecular flexibility index (Phi) is 7.34. The van der Waals surface area contributed by atoms with Crippen LogP contribution in [-0.4, -0.2) is 87.7 Å². The molecule has 4 heterocycles. The van der Waals surface area contributed by atoms with Crippen LogP contribution in [0.5, 0.6) is 0 Å². The highest BCUT2D eigenvalue weighted by atomic mass is 32.2. The minimum Gasteiger partial charge on any atom is -0.477 e. The Hall–Kier alpha value is -3.18. The topological polar surface area (TPSA) is 191 Å². The third kappa shape index (κ3) is 5.15. The van der Waals surface area contributed by atoms with Gasteiger partial charge in [0.1, 0.15) is 28.9 Å². The molecule has 1 unspecified atom stereocenters. The maximum atomic E-state index is 13.2. The molecule has 1 aliphatic carbocycles. The van der Waals surface area contributed by atoms with E-state index in [1.165, 1.54) is 33.1 Å². The quantitative estimate of drug-likeness (QED) is 0.165. The van der Waals surface area contributed by atoms with Gasteiger partial charge in [-0.1, -0.05) is 16.9 Å². The number of hydrogen-bond acceptors (Lipinski definition) is 13. The molecule has 2 amide bonds. The van der Waals surface area contributed by atoms with Gasteiger partial charge in [0.15, 0.2) is 10.8 Å². The number of aryl methyl sites for hydroxylation is 1. The standard InChI is InChI=1S/C20H23N9O5S3/c1-28-20(24-26-27-28)37-7-9-6-35-17-13(16(31)29(17)14(9)18(32)33)23-15(30)12(11-8-36-19(21)22-11)25-34-10-4-2-3-5-10/h8,10,13,17H,2-7H2,1H3,(H2,21,22)(H,23,30)(H,32,33)/t13?,17-/m0/s1. The van der Waals surface area contributed by atoms with Gasteiger partial charge < -0.3 is 21.0 Å². The van der Waals surface area contributed by atoms with Gasteiger partial charge in [-0.05, 0) is 41.7 Å². The summed E-state index contributed by atoms with van der Waals surface area (Å²) in [5.41, 5.74) is 6.42. The second kappa shape index (κ2) is 10.7. The first kappa shape index (κ1) is 25.5. The molecule has 2 fully saturated rings. The molecular weight excluding hydrogens is 542 g/mol. The summed E-state index contributed by atoms with van der Waals surface area (Å²) in [5.74, 6) is -1.69. The van der Waals surface area contributed by atoms with Crippen LogP contribution in [0.2, 0.25) is 0 Å². The molecule has 0 radical (unpaired) electrons. The maximum absolute atomic E-state index is 13.2. The number of oxime groups is 1. The number of fused-ring (bicyclic) bond motifs is 1. The zero-order valence-corrected chi connectivity index (χ0v) is 22.0. The molecule has 17 heteroatoms. The van der Waals surface area contributed by atoms with Crippen LogP contribution in [0, 0.1) is 0 Å². The average Bonchev–Trinajstić information content (AvgIpc) is 3.64. The predicted octanol–water partition coefficient (Wildman–Crippen LogP) is 0.443. The van der Waals surface area contributed by atoms with Crippen molar-refractivity contribution >= 4 is 63.5 Å². The highest BCUT2D eigenvalue weighted by Crippen LogP contribution is 2.41. The van der Waals surface area contributed by atoms with E-state index in [1.807, 2.05) is 0 Å². The van der Waals surface area contributed by atoms with Crippen molar-refractivity contribution in [1.82, 2.24) is 35.4 Å². The third-order valence-corrected chi connectivity index (χ3v) is 9.18. The van der Waals surface area contributed by atoms with Gasteiger partial charge in [-0.15, -0.1) is 28.2 Å². The SMILES string of the molecule is Cn1nnnc1SCC1=C(C(=O)O)N2C(=O)C(NC(=O)C(=NOC3CCCC3)c3csc(N)n3)[C@@H]2SC1. The van der Waals surface area contributed by atoms with Crippen molar-refractivity contribution in [3.05, 3.63) is 22.3 Å². The molecule has 1 saturated carbocycles. The van der Waals surface area contributed by atoms with E-state index in [4.69, 9.17) is 10.6 Å². The number of nitrogens with zero attached hydrogens (tertiary/aromatic N) is 7. The monoisotopic (exact) mass is 565 g/mol. The number of nitrogens with one attached hydrogen (secondary N) is 1. The molecule has 196 valence electrons. The van der Waals surface area contributed by atoms with E-state index in [9.17, 15) is 19.5 Å². The first-order chi connectivity index (χ1) is 17.8. The van der Waals surface area contributed by atoms with Gasteiger partial charge in [-0.25, -0.2) is 14.5 Å². The van der Waals surface area contributed by atoms with Crippen molar-refractivity contribution in [3.63, 3.8) is 0 Å². The number of rotatable bonds is 9. The lowest BCUT2D eigenvalue weighted by molar-refractivity contribution is -0.150. The van der Waals surface area contributed by atoms with Gasteiger partial charge in [0, 0.05) is 23.9 Å². The van der Waals surface area contributed by atoms with Crippen molar-refractivity contribution in [3.8, 4) is 0 Å². The van der Waals surface area contributed by atoms with Gasteiger partial charge in [-0.3, -0.25) is 14.5 Å². The number of amides is 2. The van der Waals surface area contributed by atoms with Crippen molar-refractivity contribution in [2.24, 2.45) is 12.2 Å². The van der Waals surface area contributed by atoms with E-state index in [1.54, 1.807) is 12.4 Å². The summed E-state index contributed by atoms with van der Waals surface area (Å²) in [6.45, 7) is 0. The number of carbonyl (C=O) groups excluding carboxylic acids is 2. The highest BCUT2D eigenvalue weighted by Gasteiger charge is 2.54. The van der Waals surface area contributed by atoms with Crippen LogP contribution >= 0.6 is 34.9 Å². The molecule has 14 nitrogen and oxygen atoms in total. The fraction of sp³-hybridized carbons (Fsp3) is 0.500. The Morgan fingerprint density at radius 1 is 1.38 bits per heavy atom. The van der Waals surface area contributed by atoms with Crippen LogP contribution in [0.1, 0.15) is 31.4 Å². The number of β-lactam (4-membered cyclic amide) rings is 1. The van der Waals surface area contributed by atoms with Crippen LogP contribution in [-0.2, 0) is 26.3 Å². The number of nitrogens with two attached hydrogens (primary N) is 1. The van der Waals surface area contributed by atoms with Crippen LogP contribution in [0.4, 0.5) is 5.13 Å². The van der Waals surface area contributed by atoms with Gasteiger partial charge in [0.05, 0.1) is 0 Å². The van der Waals surface area contributed by atoms with Crippen molar-refractivity contribution in [1.29, 1.82) is 0 Å². The lowest BCUT2D eigenvalue weighted by Gasteiger charge is -2.49. The Morgan fingerprint density at radius 2 is 2.16 bits per heavy atom. The molecular formula is C20H23N9O5S3. The number of carboxylic acid groups (broad SMARTS) is 1. The number of carboxylic acids is 1. The molecule has 0 bridgehead atoms. The van der Waals surface area contributed by atoms with Crippen molar-refractivity contribution in [2.75, 3.05) is 17.2 Å². The highest BCUT2D eigenvalue weighted by molar-refractivity contribution is 8.01. The van der Waals surface area contributed by atoms with Gasteiger partial charge in [0.2, 0.25) is 5.16 Å². The molecule has 2 aromatic heterocycles. The number of aliphatic carboxylic acids is 1. The number of tetrazole rings is 1. The van der Waals surface area contributed by atoms with Crippen molar-refractivity contribution < 1.29 is 24.3 Å². The normalized spacial score (nSPS) is 22.1. The van der Waals surface area contributed by atoms with Crippen molar-refractivity contribution in [2.45, 2.75) is 48.4 Å². The molecule has 1 saturated heterocycles. The zero-order chi connectivity index (χ0) is 26.1. The number of thiazole rings is 1. The number of aromatic nitrogens is 5. The Bertz CT molecular complexity index is 1290. The summed E-state index contributed by atoms with van der Waals surface area (Å²) >= 11 is 3.81. The molecule has 2 aliphatic heterocycles. The number of carbonyl (C=O) groups is 3. The molecule has 2 aromatic rings. The number of anilines is 1. The Balaban J connectivity index is 1.30. The fourth-order valence-electron chi connectivity index (χ4n) is 4.22. The minimum atomic E-state index is -1.21. The van der Waals surface area contributed by atoms with E-state index in [-0.39, 0.29) is 28.3 Å². The maximum Gasteiger partial charge on any atom is 0.352 e. The summed E-state index contributed by atoms with van der Waals surface area (Å²) < 4.78 is 1.48.